The molecule has 0 fully saturated rings. The summed E-state index contributed by atoms with van der Waals surface area (Å²) in [5.41, 5.74) is 0. The van der Waals surface area contributed by atoms with E-state index in [0.717, 1.165) is 38.5 Å². The second-order valence-corrected chi connectivity index (χ2v) is 10.2. The first-order valence-electron chi connectivity index (χ1n) is 14.5. The largest absolute Gasteiger partial charge is 0.377 e. The van der Waals surface area contributed by atoms with Gasteiger partial charge < -0.3 is 39.1 Å². The molecule has 0 atom stereocenters. The van der Waals surface area contributed by atoms with Gasteiger partial charge in [-0.1, -0.05) is 33.1 Å². The Labute approximate surface area is 247 Å². The Hall–Kier alpha value is -1.24. The smallest absolute Gasteiger partial charge is 0.245 e. The molecule has 0 bridgehead atoms. The Morgan fingerprint density at radius 1 is 0.550 bits per heavy atom. The van der Waals surface area contributed by atoms with Crippen LogP contribution >= 0.6 is 11.8 Å². The molecule has 0 rings (SSSR count). The molecule has 0 saturated carbocycles. The van der Waals surface area contributed by atoms with Crippen molar-refractivity contribution in [2.24, 2.45) is 0 Å². The number of Topliss-reactive ketones (excluding diaryl/α,β-unsaturated/α-hetero) is 1. The molecule has 11 heteroatoms. The summed E-state index contributed by atoms with van der Waals surface area (Å²) in [6.07, 6.45) is 11.6. The predicted octanol–water partition coefficient (Wildman–Crippen LogP) is 3.79. The van der Waals surface area contributed by atoms with Crippen molar-refractivity contribution in [3.8, 4) is 0 Å². The van der Waals surface area contributed by atoms with E-state index in [-0.39, 0.29) is 31.6 Å². The van der Waals surface area contributed by atoms with E-state index in [4.69, 9.17) is 23.7 Å². The van der Waals surface area contributed by atoms with Gasteiger partial charge in [0.1, 0.15) is 12.4 Å². The summed E-state index contributed by atoms with van der Waals surface area (Å²) < 4.78 is 27.1. The lowest BCUT2D eigenvalue weighted by atomic mass is 10.1. The fourth-order valence-electron chi connectivity index (χ4n) is 3.41. The number of unbranched alkanes of at least 4 members (excludes halogenated alkanes) is 6. The van der Waals surface area contributed by atoms with Crippen molar-refractivity contribution in [1.29, 1.82) is 0 Å². The monoisotopic (exact) mass is 594 g/mol. The van der Waals surface area contributed by atoms with Crippen LogP contribution in [0.25, 0.3) is 0 Å². The Bertz CT molecular complexity index is 584. The van der Waals surface area contributed by atoms with Crippen molar-refractivity contribution in [3.05, 3.63) is 0 Å². The van der Waals surface area contributed by atoms with Crippen molar-refractivity contribution < 1.29 is 38.1 Å². The van der Waals surface area contributed by atoms with E-state index in [1.165, 1.54) is 18.6 Å². The number of ketones is 1. The minimum absolute atomic E-state index is 0. The Morgan fingerprint density at radius 2 is 1.02 bits per heavy atom. The summed E-state index contributed by atoms with van der Waals surface area (Å²) in [6.45, 7) is 6.92. The van der Waals surface area contributed by atoms with Crippen LogP contribution in [0.2, 0.25) is 0 Å². The highest BCUT2D eigenvalue weighted by molar-refractivity contribution is 7.98. The average molecular weight is 595 g/mol. The second-order valence-electron chi connectivity index (χ2n) is 9.23. The van der Waals surface area contributed by atoms with Crippen LogP contribution in [-0.2, 0) is 38.1 Å². The van der Waals surface area contributed by atoms with Crippen LogP contribution in [0.1, 0.15) is 78.6 Å². The lowest BCUT2D eigenvalue weighted by Gasteiger charge is -2.09. The molecule has 0 spiro atoms. The summed E-state index contributed by atoms with van der Waals surface area (Å²) in [6, 6.07) is 0. The van der Waals surface area contributed by atoms with Crippen LogP contribution in [0, 0.1) is 0 Å². The number of amides is 2. The standard InChI is InChI=1S/C28H54N2O8S.CH4/c1-26(31)11-7-3-4-8-12-27(32)30-14-15-34-16-17-35-18-19-36-20-21-37-22-23-38-25-28(33)29-13-9-5-6-10-24-39-2;/h3-25H2,1-2H3,(H,29,33)(H,30,32);1H4. The highest BCUT2D eigenvalue weighted by atomic mass is 32.2. The molecule has 0 heterocycles. The number of hydrogen-bond acceptors (Lipinski definition) is 9. The molecular weight excluding hydrogens is 536 g/mol. The molecule has 0 saturated heterocycles. The van der Waals surface area contributed by atoms with Crippen LogP contribution in [0.15, 0.2) is 0 Å². The maximum absolute atomic E-state index is 11.7. The number of rotatable bonds is 31. The molecule has 40 heavy (non-hydrogen) atoms. The zero-order chi connectivity index (χ0) is 28.7. The van der Waals surface area contributed by atoms with Gasteiger partial charge in [0.2, 0.25) is 11.8 Å². The Kier molecular flexibility index (Phi) is 34.7. The third-order valence-corrected chi connectivity index (χ3v) is 6.27. The van der Waals surface area contributed by atoms with Gasteiger partial charge in [-0.15, -0.1) is 0 Å². The van der Waals surface area contributed by atoms with Gasteiger partial charge in [-0.3, -0.25) is 9.59 Å². The highest BCUT2D eigenvalue weighted by Crippen LogP contribution is 2.06. The van der Waals surface area contributed by atoms with Gasteiger partial charge in [0.15, 0.2) is 0 Å². The van der Waals surface area contributed by atoms with Crippen LogP contribution in [0.5, 0.6) is 0 Å². The number of hydrogen-bond donors (Lipinski definition) is 2. The normalized spacial score (nSPS) is 10.8. The molecule has 2 amide bonds. The number of carbonyl (C=O) groups excluding carboxylic acids is 3. The van der Waals surface area contributed by atoms with Gasteiger partial charge in [-0.2, -0.15) is 11.8 Å². The lowest BCUT2D eigenvalue weighted by molar-refractivity contribution is -0.126. The van der Waals surface area contributed by atoms with Crippen molar-refractivity contribution in [2.45, 2.75) is 78.6 Å². The fourth-order valence-corrected chi connectivity index (χ4v) is 3.91. The molecule has 238 valence electrons. The van der Waals surface area contributed by atoms with Crippen LogP contribution < -0.4 is 10.6 Å². The quantitative estimate of drug-likeness (QED) is 0.115. The average Bonchev–Trinajstić information content (AvgIpc) is 2.91. The Morgan fingerprint density at radius 3 is 1.60 bits per heavy atom. The molecule has 0 aliphatic carbocycles. The molecule has 0 aromatic heterocycles. The molecule has 0 aromatic rings. The highest BCUT2D eigenvalue weighted by Gasteiger charge is 2.02. The molecule has 0 unspecified atom stereocenters. The molecule has 10 nitrogen and oxygen atoms in total. The topological polar surface area (TPSA) is 121 Å². The van der Waals surface area contributed by atoms with Crippen molar-refractivity contribution in [2.75, 3.05) is 91.2 Å². The van der Waals surface area contributed by atoms with Crippen molar-refractivity contribution >= 4 is 29.4 Å². The van der Waals surface area contributed by atoms with Crippen LogP contribution in [0.4, 0.5) is 0 Å². The third kappa shape index (κ3) is 34.8. The number of ether oxygens (including phenoxy) is 5. The zero-order valence-corrected chi connectivity index (χ0v) is 25.3. The SMILES string of the molecule is C.CSCCCCCCNC(=O)COCCOCCOCCOCCOCCNC(=O)CCCCCCC(C)=O. The number of thioether (sulfide) groups is 1. The number of carbonyl (C=O) groups is 3. The van der Waals surface area contributed by atoms with E-state index in [9.17, 15) is 14.4 Å². The van der Waals surface area contributed by atoms with E-state index in [0.29, 0.717) is 85.4 Å². The van der Waals surface area contributed by atoms with Crippen molar-refractivity contribution in [1.82, 2.24) is 10.6 Å². The first-order chi connectivity index (χ1) is 19.1. The summed E-state index contributed by atoms with van der Waals surface area (Å²) in [7, 11) is 0. The Balaban J connectivity index is 0. The van der Waals surface area contributed by atoms with Gasteiger partial charge in [0.25, 0.3) is 0 Å². The number of nitrogens with one attached hydrogen (secondary N) is 2. The van der Waals surface area contributed by atoms with Crippen LogP contribution in [0.3, 0.4) is 0 Å². The third-order valence-electron chi connectivity index (χ3n) is 5.57. The van der Waals surface area contributed by atoms with E-state index < -0.39 is 0 Å². The van der Waals surface area contributed by atoms with E-state index >= 15 is 0 Å². The molecule has 0 aliphatic heterocycles. The van der Waals surface area contributed by atoms with Gasteiger partial charge in [0, 0.05) is 25.9 Å². The summed E-state index contributed by atoms with van der Waals surface area (Å²) in [4.78, 5) is 34.3. The summed E-state index contributed by atoms with van der Waals surface area (Å²) in [5, 5.41) is 5.71. The first kappa shape index (κ1) is 40.9. The first-order valence-corrected chi connectivity index (χ1v) is 15.9. The predicted molar refractivity (Wildman–Crippen MR) is 162 cm³/mol. The maximum Gasteiger partial charge on any atom is 0.245 e. The molecule has 0 radical (unpaired) electrons. The lowest BCUT2D eigenvalue weighted by Crippen LogP contribution is -2.29. The van der Waals surface area contributed by atoms with E-state index in [1.807, 2.05) is 11.8 Å². The van der Waals surface area contributed by atoms with Gasteiger partial charge in [-0.05, 0) is 44.6 Å². The van der Waals surface area contributed by atoms with Gasteiger partial charge in [-0.25, -0.2) is 0 Å². The zero-order valence-electron chi connectivity index (χ0n) is 24.4. The second kappa shape index (κ2) is 34.0. The minimum atomic E-state index is -0.0831. The molecular formula is C29H58N2O8S. The van der Waals surface area contributed by atoms with Gasteiger partial charge >= 0.3 is 0 Å². The molecule has 0 aromatic carbocycles. The molecule has 2 N–H and O–H groups in total. The fraction of sp³-hybridized carbons (Fsp3) is 0.897. The van der Waals surface area contributed by atoms with E-state index in [1.54, 1.807) is 6.92 Å². The molecule has 0 aliphatic rings. The van der Waals surface area contributed by atoms with Gasteiger partial charge in [0.05, 0.1) is 59.5 Å². The van der Waals surface area contributed by atoms with E-state index in [2.05, 4.69) is 16.9 Å². The minimum Gasteiger partial charge on any atom is -0.377 e. The summed E-state index contributed by atoms with van der Waals surface area (Å²) in [5.74, 6) is 1.39. The summed E-state index contributed by atoms with van der Waals surface area (Å²) >= 11 is 1.87. The van der Waals surface area contributed by atoms with Crippen molar-refractivity contribution in [3.63, 3.8) is 0 Å². The maximum atomic E-state index is 11.7. The van der Waals surface area contributed by atoms with Crippen LogP contribution in [-0.4, -0.2) is 109 Å².